The van der Waals surface area contributed by atoms with Crippen molar-refractivity contribution in [2.24, 2.45) is 11.8 Å². The fraction of sp³-hybridized carbons (Fsp3) is 0.857. The molecular weight excluding hydrogens is 244 g/mol. The fourth-order valence-electron chi connectivity index (χ4n) is 2.98. The van der Waals surface area contributed by atoms with Crippen LogP contribution in [0, 0.1) is 11.8 Å². The van der Waals surface area contributed by atoms with Crippen LogP contribution in [0.1, 0.15) is 32.6 Å². The SMILES string of the molecule is COC(=O)CC1CC(NC(C)=O)CN(CC2CC2)C1. The first-order valence-electron chi connectivity index (χ1n) is 7.13. The molecule has 0 aromatic rings. The monoisotopic (exact) mass is 268 g/mol. The third-order valence-corrected chi connectivity index (χ3v) is 3.92. The summed E-state index contributed by atoms with van der Waals surface area (Å²) in [5.41, 5.74) is 0. The number of methoxy groups -OCH3 is 1. The van der Waals surface area contributed by atoms with E-state index in [2.05, 4.69) is 10.2 Å². The van der Waals surface area contributed by atoms with Gasteiger partial charge in [0.15, 0.2) is 0 Å². The van der Waals surface area contributed by atoms with Crippen molar-refractivity contribution in [1.29, 1.82) is 0 Å². The van der Waals surface area contributed by atoms with Crippen LogP contribution in [0.25, 0.3) is 0 Å². The van der Waals surface area contributed by atoms with Gasteiger partial charge in [0, 0.05) is 39.0 Å². The van der Waals surface area contributed by atoms with Crippen molar-refractivity contribution in [3.05, 3.63) is 0 Å². The van der Waals surface area contributed by atoms with Gasteiger partial charge in [-0.1, -0.05) is 0 Å². The Hall–Kier alpha value is -1.10. The van der Waals surface area contributed by atoms with Crippen LogP contribution in [0.3, 0.4) is 0 Å². The summed E-state index contributed by atoms with van der Waals surface area (Å²) >= 11 is 0. The Balaban J connectivity index is 1.89. The molecule has 2 fully saturated rings. The maximum absolute atomic E-state index is 11.4. The van der Waals surface area contributed by atoms with Crippen molar-refractivity contribution in [1.82, 2.24) is 10.2 Å². The minimum absolute atomic E-state index is 0.00934. The molecule has 1 heterocycles. The number of amides is 1. The van der Waals surface area contributed by atoms with Crippen LogP contribution in [-0.2, 0) is 14.3 Å². The van der Waals surface area contributed by atoms with Gasteiger partial charge in [-0.25, -0.2) is 0 Å². The van der Waals surface area contributed by atoms with E-state index in [9.17, 15) is 9.59 Å². The Morgan fingerprint density at radius 2 is 2.00 bits per heavy atom. The third kappa shape index (κ3) is 4.82. The minimum atomic E-state index is -0.153. The van der Waals surface area contributed by atoms with E-state index in [0.717, 1.165) is 32.0 Å². The summed E-state index contributed by atoms with van der Waals surface area (Å²) in [5.74, 6) is 0.974. The molecule has 0 aromatic carbocycles. The van der Waals surface area contributed by atoms with E-state index in [-0.39, 0.29) is 23.8 Å². The van der Waals surface area contributed by atoms with Crippen molar-refractivity contribution in [3.8, 4) is 0 Å². The molecule has 0 bridgehead atoms. The molecule has 1 aliphatic heterocycles. The Bertz CT molecular complexity index is 342. The first-order valence-corrected chi connectivity index (χ1v) is 7.13. The van der Waals surface area contributed by atoms with Gasteiger partial charge in [-0.15, -0.1) is 0 Å². The highest BCUT2D eigenvalue weighted by Gasteiger charge is 2.32. The van der Waals surface area contributed by atoms with Gasteiger partial charge >= 0.3 is 5.97 Å². The predicted octanol–water partition coefficient (Wildman–Crippen LogP) is 0.786. The second-order valence-electron chi connectivity index (χ2n) is 5.94. The lowest BCUT2D eigenvalue weighted by molar-refractivity contribution is -0.142. The fourth-order valence-corrected chi connectivity index (χ4v) is 2.98. The average Bonchev–Trinajstić information content (AvgIpc) is 3.11. The number of carbonyl (C=O) groups is 2. The Morgan fingerprint density at radius 3 is 2.58 bits per heavy atom. The van der Waals surface area contributed by atoms with Crippen LogP contribution in [-0.4, -0.2) is 49.6 Å². The molecule has 1 aliphatic carbocycles. The highest BCUT2D eigenvalue weighted by Crippen LogP contribution is 2.31. The summed E-state index contributed by atoms with van der Waals surface area (Å²) in [6.45, 7) is 4.51. The normalized spacial score (nSPS) is 27.9. The Morgan fingerprint density at radius 1 is 1.26 bits per heavy atom. The van der Waals surface area contributed by atoms with Gasteiger partial charge in [0.1, 0.15) is 0 Å². The molecule has 2 atom stereocenters. The lowest BCUT2D eigenvalue weighted by Crippen LogP contribution is -2.51. The number of carbonyl (C=O) groups excluding carboxylic acids is 2. The van der Waals surface area contributed by atoms with Crippen molar-refractivity contribution in [2.75, 3.05) is 26.7 Å². The van der Waals surface area contributed by atoms with Crippen LogP contribution in [0.15, 0.2) is 0 Å². The highest BCUT2D eigenvalue weighted by atomic mass is 16.5. The van der Waals surface area contributed by atoms with Gasteiger partial charge in [0.05, 0.1) is 7.11 Å². The average molecular weight is 268 g/mol. The number of esters is 1. The number of likely N-dealkylation sites (tertiary alicyclic amines) is 1. The highest BCUT2D eigenvalue weighted by molar-refractivity contribution is 5.73. The first-order chi connectivity index (χ1) is 9.06. The number of hydrogen-bond acceptors (Lipinski definition) is 4. The zero-order chi connectivity index (χ0) is 13.8. The Kier molecular flexibility index (Phi) is 4.80. The van der Waals surface area contributed by atoms with Crippen molar-refractivity contribution < 1.29 is 14.3 Å². The van der Waals surface area contributed by atoms with E-state index in [1.54, 1.807) is 6.92 Å². The van der Waals surface area contributed by atoms with E-state index >= 15 is 0 Å². The lowest BCUT2D eigenvalue weighted by atomic mass is 9.91. The summed E-state index contributed by atoms with van der Waals surface area (Å²) in [5, 5.41) is 2.99. The molecule has 19 heavy (non-hydrogen) atoms. The number of piperidine rings is 1. The molecule has 108 valence electrons. The number of rotatable bonds is 5. The van der Waals surface area contributed by atoms with Crippen LogP contribution in [0.5, 0.6) is 0 Å². The second kappa shape index (κ2) is 6.37. The zero-order valence-corrected chi connectivity index (χ0v) is 11.9. The molecular formula is C14H24N2O3. The quantitative estimate of drug-likeness (QED) is 0.749. The lowest BCUT2D eigenvalue weighted by Gasteiger charge is -2.37. The second-order valence-corrected chi connectivity index (χ2v) is 5.94. The van der Waals surface area contributed by atoms with Crippen LogP contribution < -0.4 is 5.32 Å². The third-order valence-electron chi connectivity index (χ3n) is 3.92. The van der Waals surface area contributed by atoms with Gasteiger partial charge in [-0.2, -0.15) is 0 Å². The van der Waals surface area contributed by atoms with Crippen molar-refractivity contribution >= 4 is 11.9 Å². The molecule has 5 heteroatoms. The number of nitrogens with zero attached hydrogens (tertiary/aromatic N) is 1. The molecule has 5 nitrogen and oxygen atoms in total. The molecule has 0 spiro atoms. The summed E-state index contributed by atoms with van der Waals surface area (Å²) < 4.78 is 4.75. The van der Waals surface area contributed by atoms with Crippen LogP contribution >= 0.6 is 0 Å². The van der Waals surface area contributed by atoms with E-state index in [0.29, 0.717) is 6.42 Å². The Labute approximate surface area is 114 Å². The molecule has 0 aromatic heterocycles. The van der Waals surface area contributed by atoms with E-state index < -0.39 is 0 Å². The minimum Gasteiger partial charge on any atom is -0.469 e. The van der Waals surface area contributed by atoms with Crippen LogP contribution in [0.2, 0.25) is 0 Å². The molecule has 2 aliphatic rings. The van der Waals surface area contributed by atoms with E-state index in [1.807, 2.05) is 0 Å². The number of ether oxygens (including phenoxy) is 1. The molecule has 1 saturated carbocycles. The van der Waals surface area contributed by atoms with Gasteiger partial charge in [0.25, 0.3) is 0 Å². The van der Waals surface area contributed by atoms with Gasteiger partial charge in [0.2, 0.25) is 5.91 Å². The summed E-state index contributed by atoms with van der Waals surface area (Å²) in [6.07, 6.45) is 3.97. The van der Waals surface area contributed by atoms with Gasteiger partial charge in [-0.3, -0.25) is 9.59 Å². The molecule has 1 N–H and O–H groups in total. The molecule has 0 radical (unpaired) electrons. The maximum Gasteiger partial charge on any atom is 0.305 e. The maximum atomic E-state index is 11.4. The van der Waals surface area contributed by atoms with Crippen molar-refractivity contribution in [3.63, 3.8) is 0 Å². The summed E-state index contributed by atoms with van der Waals surface area (Å²) in [4.78, 5) is 25.0. The van der Waals surface area contributed by atoms with E-state index in [4.69, 9.17) is 4.74 Å². The smallest absolute Gasteiger partial charge is 0.305 e. The van der Waals surface area contributed by atoms with E-state index in [1.165, 1.54) is 20.0 Å². The van der Waals surface area contributed by atoms with Gasteiger partial charge in [-0.05, 0) is 31.1 Å². The standard InChI is InChI=1S/C14H24N2O3/c1-10(17)15-13-5-12(6-14(18)19-2)8-16(9-13)7-11-3-4-11/h11-13H,3-9H2,1-2H3,(H,15,17). The van der Waals surface area contributed by atoms with Crippen LogP contribution in [0.4, 0.5) is 0 Å². The number of hydrogen-bond donors (Lipinski definition) is 1. The van der Waals surface area contributed by atoms with Crippen molar-refractivity contribution in [2.45, 2.75) is 38.6 Å². The summed E-state index contributed by atoms with van der Waals surface area (Å²) in [6, 6.07) is 0.166. The van der Waals surface area contributed by atoms with Gasteiger partial charge < -0.3 is 15.0 Å². The molecule has 1 amide bonds. The molecule has 2 rings (SSSR count). The first kappa shape index (κ1) is 14.3. The molecule has 2 unspecified atom stereocenters. The summed E-state index contributed by atoms with van der Waals surface area (Å²) in [7, 11) is 1.43. The largest absolute Gasteiger partial charge is 0.469 e. The predicted molar refractivity (Wildman–Crippen MR) is 71.5 cm³/mol. The molecule has 1 saturated heterocycles. The zero-order valence-electron chi connectivity index (χ0n) is 11.9. The number of nitrogens with one attached hydrogen (secondary N) is 1. The topological polar surface area (TPSA) is 58.6 Å².